The Hall–Kier alpha value is -0.750. The van der Waals surface area contributed by atoms with Crippen molar-refractivity contribution in [1.29, 1.82) is 0 Å². The zero-order valence-electron chi connectivity index (χ0n) is 12.5. The molecule has 22 heavy (non-hydrogen) atoms. The normalized spacial score (nSPS) is 22.7. The van der Waals surface area contributed by atoms with Gasteiger partial charge in [-0.2, -0.15) is 0 Å². The SMILES string of the molecule is Fc1cc(Cl)cc(F)c1[C@@H](C1CCOCC1)N1CCNCC1. The molecule has 3 rings (SSSR count). The van der Waals surface area contributed by atoms with Crippen LogP contribution in [0, 0.1) is 17.6 Å². The first kappa shape index (κ1) is 16.1. The lowest BCUT2D eigenvalue weighted by Crippen LogP contribution is -2.48. The predicted molar refractivity (Wildman–Crippen MR) is 82.1 cm³/mol. The van der Waals surface area contributed by atoms with Crippen LogP contribution < -0.4 is 5.32 Å². The summed E-state index contributed by atoms with van der Waals surface area (Å²) in [6, 6.07) is 2.19. The topological polar surface area (TPSA) is 24.5 Å². The van der Waals surface area contributed by atoms with Crippen LogP contribution in [0.4, 0.5) is 8.78 Å². The van der Waals surface area contributed by atoms with Crippen molar-refractivity contribution >= 4 is 11.6 Å². The molecule has 2 aliphatic rings. The van der Waals surface area contributed by atoms with Gasteiger partial charge in [0.1, 0.15) is 11.6 Å². The zero-order chi connectivity index (χ0) is 15.5. The molecule has 0 radical (unpaired) electrons. The molecular formula is C16H21ClF2N2O. The second kappa shape index (κ2) is 7.21. The van der Waals surface area contributed by atoms with E-state index in [4.69, 9.17) is 16.3 Å². The summed E-state index contributed by atoms with van der Waals surface area (Å²) in [7, 11) is 0. The van der Waals surface area contributed by atoms with E-state index >= 15 is 0 Å². The van der Waals surface area contributed by atoms with Gasteiger partial charge in [0.25, 0.3) is 0 Å². The number of nitrogens with one attached hydrogen (secondary N) is 1. The quantitative estimate of drug-likeness (QED) is 0.922. The van der Waals surface area contributed by atoms with Crippen LogP contribution in [-0.4, -0.2) is 44.3 Å². The summed E-state index contributed by atoms with van der Waals surface area (Å²) in [5, 5.41) is 3.39. The second-order valence-electron chi connectivity index (χ2n) is 5.96. The largest absolute Gasteiger partial charge is 0.381 e. The van der Waals surface area contributed by atoms with Crippen LogP contribution in [0.25, 0.3) is 0 Å². The van der Waals surface area contributed by atoms with Crippen LogP contribution in [0.5, 0.6) is 0 Å². The second-order valence-corrected chi connectivity index (χ2v) is 6.40. The van der Waals surface area contributed by atoms with E-state index in [0.717, 1.165) is 39.0 Å². The molecule has 122 valence electrons. The first-order valence-electron chi connectivity index (χ1n) is 7.84. The van der Waals surface area contributed by atoms with Gasteiger partial charge in [0.2, 0.25) is 0 Å². The maximum atomic E-state index is 14.5. The number of benzene rings is 1. The molecule has 1 atom stereocenters. The molecule has 1 aromatic rings. The highest BCUT2D eigenvalue weighted by Gasteiger charge is 2.35. The minimum atomic E-state index is -0.542. The predicted octanol–water partition coefficient (Wildman–Crippen LogP) is 2.99. The van der Waals surface area contributed by atoms with E-state index < -0.39 is 11.6 Å². The first-order chi connectivity index (χ1) is 10.7. The highest BCUT2D eigenvalue weighted by molar-refractivity contribution is 6.30. The summed E-state index contributed by atoms with van der Waals surface area (Å²) in [6.45, 7) is 4.59. The van der Waals surface area contributed by atoms with E-state index in [1.807, 2.05) is 0 Å². The van der Waals surface area contributed by atoms with E-state index in [1.165, 1.54) is 12.1 Å². The van der Waals surface area contributed by atoms with Crippen LogP contribution in [0.2, 0.25) is 5.02 Å². The Labute approximate surface area is 134 Å². The molecule has 6 heteroatoms. The molecule has 3 nitrogen and oxygen atoms in total. The molecule has 0 unspecified atom stereocenters. The molecule has 0 bridgehead atoms. The molecule has 0 amide bonds. The summed E-state index contributed by atoms with van der Waals surface area (Å²) < 4.78 is 34.4. The number of rotatable bonds is 3. The number of hydrogen-bond acceptors (Lipinski definition) is 3. The Balaban J connectivity index is 1.96. The molecule has 1 N–H and O–H groups in total. The average Bonchev–Trinajstić information content (AvgIpc) is 2.52. The molecule has 1 aromatic carbocycles. The minimum Gasteiger partial charge on any atom is -0.381 e. The smallest absolute Gasteiger partial charge is 0.132 e. The van der Waals surface area contributed by atoms with Gasteiger partial charge in [0, 0.05) is 56.0 Å². The Bertz CT molecular complexity index is 476. The molecule has 0 aliphatic carbocycles. The number of piperazine rings is 1. The Morgan fingerprint density at radius 1 is 1.14 bits per heavy atom. The molecule has 0 saturated carbocycles. The molecule has 0 spiro atoms. The van der Waals surface area contributed by atoms with Gasteiger partial charge in [0.05, 0.1) is 0 Å². The molecule has 2 fully saturated rings. The van der Waals surface area contributed by atoms with Crippen LogP contribution >= 0.6 is 11.6 Å². The Morgan fingerprint density at radius 2 is 1.73 bits per heavy atom. The lowest BCUT2D eigenvalue weighted by molar-refractivity contribution is 0.0192. The van der Waals surface area contributed by atoms with Gasteiger partial charge in [0.15, 0.2) is 0 Å². The highest BCUT2D eigenvalue weighted by atomic mass is 35.5. The molecule has 0 aromatic heterocycles. The summed E-state index contributed by atoms with van der Waals surface area (Å²) in [5.74, 6) is -0.878. The fourth-order valence-electron chi connectivity index (χ4n) is 3.54. The molecular weight excluding hydrogens is 310 g/mol. The van der Waals surface area contributed by atoms with Gasteiger partial charge in [-0.1, -0.05) is 11.6 Å². The standard InChI is InChI=1S/C16H21ClF2N2O/c17-12-9-13(18)15(14(19)10-12)16(11-1-7-22-8-2-11)21-5-3-20-4-6-21/h9-11,16,20H,1-8H2/t16-/m1/s1. The number of hydrogen-bond donors (Lipinski definition) is 1. The summed E-state index contributed by atoms with van der Waals surface area (Å²) >= 11 is 5.77. The molecule has 2 aliphatic heterocycles. The van der Waals surface area contributed by atoms with E-state index in [-0.39, 0.29) is 22.5 Å². The van der Waals surface area contributed by atoms with E-state index in [9.17, 15) is 8.78 Å². The van der Waals surface area contributed by atoms with Crippen molar-refractivity contribution in [2.24, 2.45) is 5.92 Å². The summed E-state index contributed by atoms with van der Waals surface area (Å²) in [5.41, 5.74) is 0.165. The molecule has 2 saturated heterocycles. The van der Waals surface area contributed by atoms with Gasteiger partial charge < -0.3 is 10.1 Å². The van der Waals surface area contributed by atoms with E-state index in [0.29, 0.717) is 13.2 Å². The number of ether oxygens (including phenoxy) is 1. The monoisotopic (exact) mass is 330 g/mol. The van der Waals surface area contributed by atoms with Crippen molar-refractivity contribution in [1.82, 2.24) is 10.2 Å². The number of nitrogens with zero attached hydrogens (tertiary/aromatic N) is 1. The third-order valence-corrected chi connectivity index (χ3v) is 4.82. The maximum Gasteiger partial charge on any atom is 0.132 e. The van der Waals surface area contributed by atoms with E-state index in [2.05, 4.69) is 10.2 Å². The van der Waals surface area contributed by atoms with Crippen LogP contribution in [-0.2, 0) is 4.74 Å². The van der Waals surface area contributed by atoms with E-state index in [1.54, 1.807) is 0 Å². The van der Waals surface area contributed by atoms with Crippen molar-refractivity contribution in [3.05, 3.63) is 34.4 Å². The highest BCUT2D eigenvalue weighted by Crippen LogP contribution is 2.38. The third-order valence-electron chi connectivity index (χ3n) is 4.60. The maximum absolute atomic E-state index is 14.5. The van der Waals surface area contributed by atoms with Crippen molar-refractivity contribution < 1.29 is 13.5 Å². The van der Waals surface area contributed by atoms with Crippen molar-refractivity contribution in [2.75, 3.05) is 39.4 Å². The average molecular weight is 331 g/mol. The molecule has 2 heterocycles. The zero-order valence-corrected chi connectivity index (χ0v) is 13.2. The third kappa shape index (κ3) is 3.43. The van der Waals surface area contributed by atoms with Crippen LogP contribution in [0.15, 0.2) is 12.1 Å². The van der Waals surface area contributed by atoms with Crippen LogP contribution in [0.1, 0.15) is 24.4 Å². The van der Waals surface area contributed by atoms with Gasteiger partial charge in [-0.05, 0) is 30.9 Å². The summed E-state index contributed by atoms with van der Waals surface area (Å²) in [6.07, 6.45) is 1.66. The van der Waals surface area contributed by atoms with Crippen molar-refractivity contribution in [2.45, 2.75) is 18.9 Å². The van der Waals surface area contributed by atoms with Gasteiger partial charge >= 0.3 is 0 Å². The van der Waals surface area contributed by atoms with Gasteiger partial charge in [-0.3, -0.25) is 4.90 Å². The van der Waals surface area contributed by atoms with Crippen molar-refractivity contribution in [3.63, 3.8) is 0 Å². The fraction of sp³-hybridized carbons (Fsp3) is 0.625. The minimum absolute atomic E-state index is 0.102. The number of halogens is 3. The lowest BCUT2D eigenvalue weighted by Gasteiger charge is -2.41. The Kier molecular flexibility index (Phi) is 5.29. The first-order valence-corrected chi connectivity index (χ1v) is 8.21. The summed E-state index contributed by atoms with van der Waals surface area (Å²) in [4.78, 5) is 2.20. The lowest BCUT2D eigenvalue weighted by atomic mass is 9.85. The van der Waals surface area contributed by atoms with Crippen LogP contribution in [0.3, 0.4) is 0 Å². The van der Waals surface area contributed by atoms with Gasteiger partial charge in [-0.25, -0.2) is 8.78 Å². The van der Waals surface area contributed by atoms with Crippen molar-refractivity contribution in [3.8, 4) is 0 Å². The fourth-order valence-corrected chi connectivity index (χ4v) is 3.74. The Morgan fingerprint density at radius 3 is 2.32 bits per heavy atom. The van der Waals surface area contributed by atoms with Gasteiger partial charge in [-0.15, -0.1) is 0 Å².